The molecule has 1 aliphatic rings. The number of hydrogen-bond acceptors (Lipinski definition) is 3. The van der Waals surface area contributed by atoms with Gasteiger partial charge in [-0.2, -0.15) is 18.4 Å². The first-order chi connectivity index (χ1) is 10.8. The fraction of sp³-hybridized carbons (Fsp3) is 0.588. The van der Waals surface area contributed by atoms with Gasteiger partial charge in [0.25, 0.3) is 0 Å². The zero-order valence-electron chi connectivity index (χ0n) is 13.5. The third-order valence-corrected chi connectivity index (χ3v) is 4.23. The lowest BCUT2D eigenvalue weighted by atomic mass is 10.1. The molecule has 23 heavy (non-hydrogen) atoms. The highest BCUT2D eigenvalue weighted by molar-refractivity contribution is 5.59. The average Bonchev–Trinajstić information content (AvgIpc) is 2.94. The summed E-state index contributed by atoms with van der Waals surface area (Å²) in [6.45, 7) is 5.20. The van der Waals surface area contributed by atoms with Crippen molar-refractivity contribution in [1.82, 2.24) is 4.90 Å². The Morgan fingerprint density at radius 3 is 2.74 bits per heavy atom. The van der Waals surface area contributed by atoms with Gasteiger partial charge < -0.3 is 9.80 Å². The minimum absolute atomic E-state index is 0.136. The predicted octanol–water partition coefficient (Wildman–Crippen LogP) is 3.75. The van der Waals surface area contributed by atoms with Crippen LogP contribution in [-0.4, -0.2) is 38.1 Å². The van der Waals surface area contributed by atoms with E-state index in [1.165, 1.54) is 12.1 Å². The standard InChI is InChI=1S/C17H22F3N3/c1-3-7-22(2)11-14-6-8-23(12-14)16-9-13(10-21)4-5-15(16)17(18,19)20/h4-5,9,14H,3,6-8,11-12H2,1-2H3. The summed E-state index contributed by atoms with van der Waals surface area (Å²) in [5.74, 6) is 0.360. The van der Waals surface area contributed by atoms with E-state index in [0.29, 0.717) is 19.0 Å². The Balaban J connectivity index is 2.17. The third-order valence-electron chi connectivity index (χ3n) is 4.23. The smallest absolute Gasteiger partial charge is 0.371 e. The molecule has 1 aromatic carbocycles. The molecule has 1 fully saturated rings. The average molecular weight is 325 g/mol. The van der Waals surface area contributed by atoms with E-state index in [1.54, 1.807) is 4.90 Å². The minimum atomic E-state index is -4.40. The first-order valence-electron chi connectivity index (χ1n) is 7.90. The van der Waals surface area contributed by atoms with Crippen LogP contribution >= 0.6 is 0 Å². The van der Waals surface area contributed by atoms with Crippen molar-refractivity contribution in [3.05, 3.63) is 29.3 Å². The van der Waals surface area contributed by atoms with Crippen molar-refractivity contribution in [2.45, 2.75) is 25.9 Å². The van der Waals surface area contributed by atoms with Crippen LogP contribution in [0.5, 0.6) is 0 Å². The number of nitriles is 1. The molecule has 0 aliphatic carbocycles. The highest BCUT2D eigenvalue weighted by Gasteiger charge is 2.36. The van der Waals surface area contributed by atoms with Gasteiger partial charge in [0.1, 0.15) is 0 Å². The molecular weight excluding hydrogens is 303 g/mol. The maximum absolute atomic E-state index is 13.2. The quantitative estimate of drug-likeness (QED) is 0.826. The monoisotopic (exact) mass is 325 g/mol. The molecule has 0 bridgehead atoms. The second kappa shape index (κ2) is 7.22. The molecule has 1 aliphatic heterocycles. The van der Waals surface area contributed by atoms with Crippen LogP contribution in [0.3, 0.4) is 0 Å². The molecule has 2 rings (SSSR count). The molecule has 0 amide bonds. The van der Waals surface area contributed by atoms with Gasteiger partial charge in [0.2, 0.25) is 0 Å². The molecule has 1 unspecified atom stereocenters. The van der Waals surface area contributed by atoms with Gasteiger partial charge in [-0.25, -0.2) is 0 Å². The fourth-order valence-electron chi connectivity index (χ4n) is 3.22. The number of anilines is 1. The van der Waals surface area contributed by atoms with Crippen molar-refractivity contribution in [2.24, 2.45) is 5.92 Å². The Kier molecular flexibility index (Phi) is 5.53. The van der Waals surface area contributed by atoms with Crippen molar-refractivity contribution in [3.63, 3.8) is 0 Å². The number of hydrogen-bond donors (Lipinski definition) is 0. The van der Waals surface area contributed by atoms with E-state index < -0.39 is 11.7 Å². The van der Waals surface area contributed by atoms with Gasteiger partial charge >= 0.3 is 6.18 Å². The van der Waals surface area contributed by atoms with Gasteiger partial charge in [-0.15, -0.1) is 0 Å². The van der Waals surface area contributed by atoms with E-state index in [1.807, 2.05) is 13.1 Å². The third kappa shape index (κ3) is 4.38. The molecule has 1 saturated heterocycles. The van der Waals surface area contributed by atoms with Gasteiger partial charge in [0.15, 0.2) is 0 Å². The van der Waals surface area contributed by atoms with Gasteiger partial charge in [-0.05, 0) is 50.6 Å². The largest absolute Gasteiger partial charge is 0.418 e. The first kappa shape index (κ1) is 17.6. The molecule has 0 radical (unpaired) electrons. The van der Waals surface area contributed by atoms with Crippen LogP contribution in [-0.2, 0) is 6.18 Å². The molecule has 6 heteroatoms. The molecule has 0 saturated carbocycles. The summed E-state index contributed by atoms with van der Waals surface area (Å²) in [6, 6.07) is 5.54. The van der Waals surface area contributed by atoms with Gasteiger partial charge in [-0.1, -0.05) is 6.92 Å². The molecule has 1 atom stereocenters. The molecule has 1 heterocycles. The summed E-state index contributed by atoms with van der Waals surface area (Å²) in [5.41, 5.74) is -0.254. The van der Waals surface area contributed by atoms with Gasteiger partial charge in [-0.3, -0.25) is 0 Å². The summed E-state index contributed by atoms with van der Waals surface area (Å²) in [7, 11) is 2.05. The van der Waals surface area contributed by atoms with E-state index in [9.17, 15) is 13.2 Å². The zero-order chi connectivity index (χ0) is 17.0. The van der Waals surface area contributed by atoms with Crippen LogP contribution in [0.2, 0.25) is 0 Å². The summed E-state index contributed by atoms with van der Waals surface area (Å²) in [4.78, 5) is 4.00. The Bertz CT molecular complexity index is 577. The molecule has 0 spiro atoms. The number of alkyl halides is 3. The molecule has 0 aromatic heterocycles. The Morgan fingerprint density at radius 1 is 1.39 bits per heavy atom. The summed E-state index contributed by atoms with van der Waals surface area (Å²) < 4.78 is 39.7. The van der Waals surface area contributed by atoms with E-state index in [4.69, 9.17) is 5.26 Å². The van der Waals surface area contributed by atoms with E-state index in [2.05, 4.69) is 11.8 Å². The molecule has 3 nitrogen and oxygen atoms in total. The maximum atomic E-state index is 13.2. The van der Waals surface area contributed by atoms with Crippen molar-refractivity contribution < 1.29 is 13.2 Å². The van der Waals surface area contributed by atoms with Gasteiger partial charge in [0.05, 0.1) is 22.9 Å². The predicted molar refractivity (Wildman–Crippen MR) is 84.3 cm³/mol. The van der Waals surface area contributed by atoms with Crippen molar-refractivity contribution in [3.8, 4) is 6.07 Å². The summed E-state index contributed by atoms with van der Waals surface area (Å²) >= 11 is 0. The molecule has 0 N–H and O–H groups in total. The lowest BCUT2D eigenvalue weighted by Crippen LogP contribution is -2.29. The second-order valence-electron chi connectivity index (χ2n) is 6.20. The molecule has 126 valence electrons. The SMILES string of the molecule is CCCN(C)CC1CCN(c2cc(C#N)ccc2C(F)(F)F)C1. The Hall–Kier alpha value is -1.74. The lowest BCUT2D eigenvalue weighted by molar-refractivity contribution is -0.137. The van der Waals surface area contributed by atoms with Crippen molar-refractivity contribution >= 4 is 5.69 Å². The van der Waals surface area contributed by atoms with E-state index in [0.717, 1.165) is 32.0 Å². The van der Waals surface area contributed by atoms with E-state index >= 15 is 0 Å². The minimum Gasteiger partial charge on any atom is -0.371 e. The number of rotatable bonds is 5. The topological polar surface area (TPSA) is 30.3 Å². The van der Waals surface area contributed by atoms with E-state index in [-0.39, 0.29) is 11.3 Å². The normalized spacial score (nSPS) is 18.5. The van der Waals surface area contributed by atoms with Gasteiger partial charge in [0, 0.05) is 19.6 Å². The maximum Gasteiger partial charge on any atom is 0.418 e. The highest BCUT2D eigenvalue weighted by atomic mass is 19.4. The Labute approximate surface area is 135 Å². The number of benzene rings is 1. The Morgan fingerprint density at radius 2 is 2.13 bits per heavy atom. The zero-order valence-corrected chi connectivity index (χ0v) is 13.5. The van der Waals surface area contributed by atoms with Crippen LogP contribution < -0.4 is 4.90 Å². The second-order valence-corrected chi connectivity index (χ2v) is 6.20. The molecule has 1 aromatic rings. The number of nitrogens with zero attached hydrogens (tertiary/aromatic N) is 3. The lowest BCUT2D eigenvalue weighted by Gasteiger charge is -2.24. The fourth-order valence-corrected chi connectivity index (χ4v) is 3.22. The first-order valence-corrected chi connectivity index (χ1v) is 7.90. The van der Waals surface area contributed by atoms with Crippen molar-refractivity contribution in [1.29, 1.82) is 5.26 Å². The van der Waals surface area contributed by atoms with Crippen molar-refractivity contribution in [2.75, 3.05) is 38.1 Å². The van der Waals surface area contributed by atoms with Crippen LogP contribution in [0.25, 0.3) is 0 Å². The van der Waals surface area contributed by atoms with Crippen LogP contribution in [0.15, 0.2) is 18.2 Å². The number of halogens is 3. The highest BCUT2D eigenvalue weighted by Crippen LogP contribution is 2.38. The van der Waals surface area contributed by atoms with Crippen LogP contribution in [0, 0.1) is 17.2 Å². The summed E-state index contributed by atoms with van der Waals surface area (Å²) in [5, 5.41) is 8.97. The molecular formula is C17H22F3N3. The van der Waals surface area contributed by atoms with Crippen LogP contribution in [0.1, 0.15) is 30.9 Å². The summed E-state index contributed by atoms with van der Waals surface area (Å²) in [6.07, 6.45) is -2.46. The van der Waals surface area contributed by atoms with Crippen LogP contribution in [0.4, 0.5) is 18.9 Å².